The van der Waals surface area contributed by atoms with E-state index in [4.69, 9.17) is 0 Å². The number of aromatic nitrogens is 3. The summed E-state index contributed by atoms with van der Waals surface area (Å²) in [6.45, 7) is 0.247. The van der Waals surface area contributed by atoms with Crippen LogP contribution in [0.5, 0.6) is 0 Å². The lowest BCUT2D eigenvalue weighted by atomic mass is 10.2. The topological polar surface area (TPSA) is 74.2 Å². The van der Waals surface area contributed by atoms with Crippen molar-refractivity contribution in [2.24, 2.45) is 0 Å². The van der Waals surface area contributed by atoms with Gasteiger partial charge in [-0.2, -0.15) is 15.0 Å². The second kappa shape index (κ2) is 7.02. The minimum Gasteiger partial charge on any atom is -0.347 e. The highest BCUT2D eigenvalue weighted by molar-refractivity contribution is 7.20. The van der Waals surface area contributed by atoms with E-state index in [0.29, 0.717) is 22.6 Å². The van der Waals surface area contributed by atoms with E-state index < -0.39 is 0 Å². The van der Waals surface area contributed by atoms with E-state index >= 15 is 0 Å². The highest BCUT2D eigenvalue weighted by atomic mass is 32.1. The SMILES string of the molecule is CN(C)c1nc(CNC(=O)c2cc3ccccc3s2)nc(N(C)C)n1. The minimum absolute atomic E-state index is 0.126. The van der Waals surface area contributed by atoms with Crippen LogP contribution in [0.3, 0.4) is 0 Å². The molecule has 0 unspecified atom stereocenters. The van der Waals surface area contributed by atoms with Crippen LogP contribution in [0.2, 0.25) is 0 Å². The van der Waals surface area contributed by atoms with Crippen LogP contribution in [0.15, 0.2) is 30.3 Å². The Morgan fingerprint density at radius 1 is 1.04 bits per heavy atom. The quantitative estimate of drug-likeness (QED) is 0.755. The van der Waals surface area contributed by atoms with Crippen molar-refractivity contribution < 1.29 is 4.79 Å². The largest absolute Gasteiger partial charge is 0.347 e. The average molecular weight is 356 g/mol. The summed E-state index contributed by atoms with van der Waals surface area (Å²) >= 11 is 1.47. The Bertz CT molecular complexity index is 846. The van der Waals surface area contributed by atoms with Crippen LogP contribution in [0, 0.1) is 0 Å². The molecule has 0 atom stereocenters. The number of amides is 1. The molecule has 130 valence electrons. The molecule has 0 bridgehead atoms. The summed E-state index contributed by atoms with van der Waals surface area (Å²) in [4.78, 5) is 29.9. The van der Waals surface area contributed by atoms with Crippen molar-refractivity contribution in [1.29, 1.82) is 0 Å². The molecule has 1 aromatic carbocycles. The number of nitrogens with one attached hydrogen (secondary N) is 1. The van der Waals surface area contributed by atoms with Gasteiger partial charge < -0.3 is 15.1 Å². The number of benzene rings is 1. The van der Waals surface area contributed by atoms with E-state index in [1.807, 2.05) is 68.3 Å². The number of thiophene rings is 1. The number of hydrogen-bond acceptors (Lipinski definition) is 7. The zero-order valence-corrected chi connectivity index (χ0v) is 15.5. The van der Waals surface area contributed by atoms with Crippen LogP contribution in [0.25, 0.3) is 10.1 Å². The molecule has 3 rings (SSSR count). The Morgan fingerprint density at radius 3 is 2.28 bits per heavy atom. The van der Waals surface area contributed by atoms with Gasteiger partial charge in [0.2, 0.25) is 11.9 Å². The molecule has 0 aliphatic heterocycles. The Labute approximate surface area is 150 Å². The van der Waals surface area contributed by atoms with Gasteiger partial charge in [0, 0.05) is 32.9 Å². The van der Waals surface area contributed by atoms with Gasteiger partial charge in [-0.3, -0.25) is 4.79 Å². The fraction of sp³-hybridized carbons (Fsp3) is 0.294. The highest BCUT2D eigenvalue weighted by Crippen LogP contribution is 2.25. The Morgan fingerprint density at radius 2 is 1.68 bits per heavy atom. The lowest BCUT2D eigenvalue weighted by molar-refractivity contribution is 0.0954. The molecule has 2 heterocycles. The van der Waals surface area contributed by atoms with Crippen LogP contribution >= 0.6 is 11.3 Å². The summed E-state index contributed by atoms with van der Waals surface area (Å²) in [6.07, 6.45) is 0. The van der Waals surface area contributed by atoms with Crippen molar-refractivity contribution in [1.82, 2.24) is 20.3 Å². The van der Waals surface area contributed by atoms with Gasteiger partial charge in [-0.25, -0.2) is 0 Å². The maximum Gasteiger partial charge on any atom is 0.261 e. The molecule has 1 amide bonds. The zero-order valence-electron chi connectivity index (χ0n) is 14.6. The van der Waals surface area contributed by atoms with E-state index in [1.54, 1.807) is 0 Å². The Kier molecular flexibility index (Phi) is 4.80. The number of rotatable bonds is 5. The predicted molar refractivity (Wildman–Crippen MR) is 101 cm³/mol. The van der Waals surface area contributed by atoms with Gasteiger partial charge in [-0.15, -0.1) is 11.3 Å². The number of fused-ring (bicyclic) bond motifs is 1. The number of carbonyl (C=O) groups excluding carboxylic acids is 1. The van der Waals surface area contributed by atoms with Gasteiger partial charge in [0.05, 0.1) is 11.4 Å². The third-order valence-electron chi connectivity index (χ3n) is 3.51. The molecule has 8 heteroatoms. The fourth-order valence-corrected chi connectivity index (χ4v) is 3.19. The molecule has 1 N–H and O–H groups in total. The molecule has 0 spiro atoms. The summed E-state index contributed by atoms with van der Waals surface area (Å²) in [6, 6.07) is 9.85. The molecule has 0 aliphatic carbocycles. The summed E-state index contributed by atoms with van der Waals surface area (Å²) < 4.78 is 1.09. The van der Waals surface area contributed by atoms with Gasteiger partial charge in [0.1, 0.15) is 0 Å². The lowest BCUT2D eigenvalue weighted by Gasteiger charge is -2.16. The van der Waals surface area contributed by atoms with E-state index in [-0.39, 0.29) is 12.5 Å². The zero-order chi connectivity index (χ0) is 18.0. The Balaban J connectivity index is 1.77. The van der Waals surface area contributed by atoms with Gasteiger partial charge in [-0.05, 0) is 17.5 Å². The van der Waals surface area contributed by atoms with Gasteiger partial charge in [-0.1, -0.05) is 18.2 Å². The molecule has 2 aromatic heterocycles. The monoisotopic (exact) mass is 356 g/mol. The van der Waals surface area contributed by atoms with Gasteiger partial charge in [0.25, 0.3) is 5.91 Å². The van der Waals surface area contributed by atoms with Crippen LogP contribution in [-0.4, -0.2) is 49.0 Å². The minimum atomic E-state index is -0.126. The van der Waals surface area contributed by atoms with Crippen molar-refractivity contribution in [3.63, 3.8) is 0 Å². The highest BCUT2D eigenvalue weighted by Gasteiger charge is 2.13. The molecular weight excluding hydrogens is 336 g/mol. The molecule has 0 aliphatic rings. The van der Waals surface area contributed by atoms with E-state index in [2.05, 4.69) is 20.3 Å². The van der Waals surface area contributed by atoms with Crippen LogP contribution in [-0.2, 0) is 6.54 Å². The first-order valence-electron chi connectivity index (χ1n) is 7.80. The smallest absolute Gasteiger partial charge is 0.261 e. The van der Waals surface area contributed by atoms with Crippen molar-refractivity contribution in [3.05, 3.63) is 41.0 Å². The summed E-state index contributed by atoms with van der Waals surface area (Å²) in [5.41, 5.74) is 0. The molecule has 7 nitrogen and oxygen atoms in total. The van der Waals surface area contributed by atoms with E-state index in [9.17, 15) is 4.79 Å². The van der Waals surface area contributed by atoms with Crippen LogP contribution in [0.1, 0.15) is 15.5 Å². The number of hydrogen-bond donors (Lipinski definition) is 1. The normalized spacial score (nSPS) is 10.7. The molecule has 0 fully saturated rings. The summed E-state index contributed by atoms with van der Waals surface area (Å²) in [5, 5.41) is 3.96. The van der Waals surface area contributed by atoms with Crippen LogP contribution < -0.4 is 15.1 Å². The molecule has 0 radical (unpaired) electrons. The number of carbonyl (C=O) groups is 1. The standard InChI is InChI=1S/C17H20N6OS/c1-22(2)16-19-14(20-17(21-16)23(3)4)10-18-15(24)13-9-11-7-5-6-8-12(11)25-13/h5-9H,10H2,1-4H3,(H,18,24). The lowest BCUT2D eigenvalue weighted by Crippen LogP contribution is -2.25. The summed E-state index contributed by atoms with van der Waals surface area (Å²) in [7, 11) is 7.48. The van der Waals surface area contributed by atoms with Crippen molar-refractivity contribution in [2.75, 3.05) is 38.0 Å². The van der Waals surface area contributed by atoms with Crippen LogP contribution in [0.4, 0.5) is 11.9 Å². The maximum atomic E-state index is 12.4. The van der Waals surface area contributed by atoms with Gasteiger partial charge in [0.15, 0.2) is 5.82 Å². The fourth-order valence-electron chi connectivity index (χ4n) is 2.21. The molecular formula is C17H20N6OS. The van der Waals surface area contributed by atoms with Gasteiger partial charge >= 0.3 is 0 Å². The maximum absolute atomic E-state index is 12.4. The first kappa shape index (κ1) is 17.1. The Hall–Kier alpha value is -2.74. The molecule has 0 saturated carbocycles. The van der Waals surface area contributed by atoms with E-state index in [0.717, 1.165) is 10.1 Å². The molecule has 3 aromatic rings. The first-order chi connectivity index (χ1) is 11.9. The molecule has 0 saturated heterocycles. The second-order valence-electron chi connectivity index (χ2n) is 5.97. The summed E-state index contributed by atoms with van der Waals surface area (Å²) in [5.74, 6) is 1.52. The average Bonchev–Trinajstić information content (AvgIpc) is 3.03. The second-order valence-corrected chi connectivity index (χ2v) is 7.06. The van der Waals surface area contributed by atoms with E-state index in [1.165, 1.54) is 11.3 Å². The third kappa shape index (κ3) is 3.85. The predicted octanol–water partition coefficient (Wildman–Crippen LogP) is 2.15. The number of nitrogens with zero attached hydrogens (tertiary/aromatic N) is 5. The molecule has 25 heavy (non-hydrogen) atoms. The third-order valence-corrected chi connectivity index (χ3v) is 4.63. The van der Waals surface area contributed by atoms with Crippen molar-refractivity contribution in [3.8, 4) is 0 Å². The van der Waals surface area contributed by atoms with Crippen molar-refractivity contribution in [2.45, 2.75) is 6.54 Å². The first-order valence-corrected chi connectivity index (χ1v) is 8.62. The number of anilines is 2. The van der Waals surface area contributed by atoms with Crippen molar-refractivity contribution >= 4 is 39.2 Å².